The smallest absolute Gasteiger partial charge is 0.163 e. The molecule has 19 heavy (non-hydrogen) atoms. The van der Waals surface area contributed by atoms with Gasteiger partial charge in [0.15, 0.2) is 5.78 Å². The third kappa shape index (κ3) is 3.77. The maximum atomic E-state index is 12.1. The molecule has 0 radical (unpaired) electrons. The molecule has 0 amide bonds. The summed E-state index contributed by atoms with van der Waals surface area (Å²) in [6, 6.07) is 17.9. The summed E-state index contributed by atoms with van der Waals surface area (Å²) in [5, 5.41) is 0.866. The topological polar surface area (TPSA) is 17.1 Å². The van der Waals surface area contributed by atoms with Crippen molar-refractivity contribution in [2.45, 2.75) is 24.6 Å². The van der Waals surface area contributed by atoms with Gasteiger partial charge in [-0.3, -0.25) is 4.79 Å². The molecule has 0 heterocycles. The van der Waals surface area contributed by atoms with Gasteiger partial charge in [0.1, 0.15) is 0 Å². The van der Waals surface area contributed by atoms with Crippen LogP contribution in [0, 0.1) is 0 Å². The lowest BCUT2D eigenvalue weighted by atomic mass is 9.93. The minimum Gasteiger partial charge on any atom is -0.294 e. The fraction of sp³-hybridized carbons (Fsp3) is 0.235. The molecule has 1 nitrogen and oxygen atoms in total. The first kappa shape index (κ1) is 14.0. The van der Waals surface area contributed by atoms with E-state index in [-0.39, 0.29) is 11.7 Å². The van der Waals surface area contributed by atoms with Gasteiger partial charge in [0, 0.05) is 17.3 Å². The molecule has 0 N–H and O–H groups in total. The fourth-order valence-corrected chi connectivity index (χ4v) is 2.45. The number of ketones is 1. The minimum absolute atomic E-state index is 0.206. The first-order valence-electron chi connectivity index (χ1n) is 6.43. The lowest BCUT2D eigenvalue weighted by molar-refractivity contribution is 0.0975. The number of hydrogen-bond acceptors (Lipinski definition) is 1. The van der Waals surface area contributed by atoms with Crippen molar-refractivity contribution in [3.63, 3.8) is 0 Å². The second-order valence-electron chi connectivity index (χ2n) is 4.77. The fourth-order valence-electron chi connectivity index (χ4n) is 2.07. The van der Waals surface area contributed by atoms with E-state index in [1.165, 1.54) is 11.1 Å². The average molecular weight is 317 g/mol. The molecule has 1 unspecified atom stereocenters. The number of halogens is 1. The molecular formula is C17H17BrO. The van der Waals surface area contributed by atoms with Crippen LogP contribution in [0.1, 0.15) is 40.7 Å². The van der Waals surface area contributed by atoms with Crippen LogP contribution in [0.15, 0.2) is 54.6 Å². The zero-order chi connectivity index (χ0) is 13.7. The van der Waals surface area contributed by atoms with Gasteiger partial charge in [-0.05, 0) is 17.0 Å². The van der Waals surface area contributed by atoms with Crippen molar-refractivity contribution in [1.82, 2.24) is 0 Å². The van der Waals surface area contributed by atoms with Gasteiger partial charge in [-0.1, -0.05) is 77.5 Å². The van der Waals surface area contributed by atoms with Gasteiger partial charge in [-0.25, -0.2) is 0 Å². The second-order valence-corrected chi connectivity index (χ2v) is 5.33. The highest BCUT2D eigenvalue weighted by molar-refractivity contribution is 9.08. The standard InChI is InChI=1S/C17H17BrO/c1-13(15-9-7-14(12-18)8-10-15)11-17(19)16-5-3-2-4-6-16/h2-10,13H,11-12H2,1H3. The van der Waals surface area contributed by atoms with Gasteiger partial charge < -0.3 is 0 Å². The van der Waals surface area contributed by atoms with Crippen LogP contribution in [-0.4, -0.2) is 5.78 Å². The summed E-state index contributed by atoms with van der Waals surface area (Å²) >= 11 is 3.44. The van der Waals surface area contributed by atoms with Crippen LogP contribution in [0.3, 0.4) is 0 Å². The van der Waals surface area contributed by atoms with E-state index >= 15 is 0 Å². The first-order valence-corrected chi connectivity index (χ1v) is 7.56. The molecule has 0 spiro atoms. The molecule has 0 aliphatic heterocycles. The zero-order valence-corrected chi connectivity index (χ0v) is 12.6. The molecule has 98 valence electrons. The van der Waals surface area contributed by atoms with Gasteiger partial charge in [0.2, 0.25) is 0 Å². The van der Waals surface area contributed by atoms with Crippen molar-refractivity contribution >= 4 is 21.7 Å². The quantitative estimate of drug-likeness (QED) is 0.563. The predicted molar refractivity (Wildman–Crippen MR) is 82.9 cm³/mol. The van der Waals surface area contributed by atoms with E-state index in [1.54, 1.807) is 0 Å². The van der Waals surface area contributed by atoms with Crippen molar-refractivity contribution in [2.75, 3.05) is 0 Å². The summed E-state index contributed by atoms with van der Waals surface area (Å²) in [7, 11) is 0. The Morgan fingerprint density at radius 2 is 1.68 bits per heavy atom. The molecule has 0 aromatic heterocycles. The maximum Gasteiger partial charge on any atom is 0.163 e. The molecule has 0 fully saturated rings. The van der Waals surface area contributed by atoms with Crippen molar-refractivity contribution in [3.8, 4) is 0 Å². The number of rotatable bonds is 5. The Balaban J connectivity index is 2.04. The summed E-state index contributed by atoms with van der Waals surface area (Å²) in [4.78, 5) is 12.1. The van der Waals surface area contributed by atoms with E-state index in [1.807, 2.05) is 30.3 Å². The Bertz CT molecular complexity index is 531. The van der Waals surface area contributed by atoms with Gasteiger partial charge in [-0.15, -0.1) is 0 Å². The third-order valence-electron chi connectivity index (χ3n) is 3.29. The molecule has 0 bridgehead atoms. The number of benzene rings is 2. The normalized spacial score (nSPS) is 12.1. The van der Waals surface area contributed by atoms with Crippen molar-refractivity contribution < 1.29 is 4.79 Å². The van der Waals surface area contributed by atoms with Crippen LogP contribution in [0.2, 0.25) is 0 Å². The summed E-state index contributed by atoms with van der Waals surface area (Å²) in [6.45, 7) is 2.10. The average Bonchev–Trinajstić information content (AvgIpc) is 2.48. The molecule has 0 saturated carbocycles. The molecule has 1 atom stereocenters. The Morgan fingerprint density at radius 1 is 1.05 bits per heavy atom. The zero-order valence-electron chi connectivity index (χ0n) is 11.0. The largest absolute Gasteiger partial charge is 0.294 e. The van der Waals surface area contributed by atoms with E-state index in [0.717, 1.165) is 10.9 Å². The van der Waals surface area contributed by atoms with Gasteiger partial charge in [-0.2, -0.15) is 0 Å². The van der Waals surface area contributed by atoms with E-state index in [4.69, 9.17) is 0 Å². The Morgan fingerprint density at radius 3 is 2.26 bits per heavy atom. The lowest BCUT2D eigenvalue weighted by Crippen LogP contribution is -2.05. The first-order chi connectivity index (χ1) is 9.20. The van der Waals surface area contributed by atoms with E-state index < -0.39 is 0 Å². The molecule has 2 heteroatoms. The Labute approximate surface area is 122 Å². The van der Waals surface area contributed by atoms with Crippen LogP contribution < -0.4 is 0 Å². The van der Waals surface area contributed by atoms with Gasteiger partial charge in [0.25, 0.3) is 0 Å². The Kier molecular flexibility index (Phi) is 4.92. The van der Waals surface area contributed by atoms with Crippen molar-refractivity contribution in [3.05, 3.63) is 71.3 Å². The van der Waals surface area contributed by atoms with Crippen LogP contribution in [0.5, 0.6) is 0 Å². The van der Waals surface area contributed by atoms with Gasteiger partial charge in [0.05, 0.1) is 0 Å². The molecular weight excluding hydrogens is 300 g/mol. The highest BCUT2D eigenvalue weighted by Crippen LogP contribution is 2.22. The van der Waals surface area contributed by atoms with Gasteiger partial charge >= 0.3 is 0 Å². The van der Waals surface area contributed by atoms with Crippen LogP contribution in [0.4, 0.5) is 0 Å². The van der Waals surface area contributed by atoms with E-state index in [0.29, 0.717) is 6.42 Å². The number of carbonyl (C=O) groups is 1. The molecule has 0 aliphatic rings. The lowest BCUT2D eigenvalue weighted by Gasteiger charge is -2.11. The maximum absolute atomic E-state index is 12.1. The third-order valence-corrected chi connectivity index (χ3v) is 3.94. The van der Waals surface area contributed by atoms with Crippen molar-refractivity contribution in [1.29, 1.82) is 0 Å². The minimum atomic E-state index is 0.206. The SMILES string of the molecule is CC(CC(=O)c1ccccc1)c1ccc(CBr)cc1. The van der Waals surface area contributed by atoms with E-state index in [2.05, 4.69) is 47.1 Å². The van der Waals surface area contributed by atoms with Crippen LogP contribution >= 0.6 is 15.9 Å². The van der Waals surface area contributed by atoms with E-state index in [9.17, 15) is 4.79 Å². The Hall–Kier alpha value is -1.41. The number of Topliss-reactive ketones (excluding diaryl/α,β-unsaturated/α-hetero) is 1. The highest BCUT2D eigenvalue weighted by Gasteiger charge is 2.12. The molecule has 2 rings (SSSR count). The predicted octanol–water partition coefficient (Wildman–Crippen LogP) is 4.96. The molecule has 0 saturated heterocycles. The number of hydrogen-bond donors (Lipinski definition) is 0. The summed E-state index contributed by atoms with van der Waals surface area (Å²) in [5.41, 5.74) is 3.27. The summed E-state index contributed by atoms with van der Waals surface area (Å²) < 4.78 is 0. The summed E-state index contributed by atoms with van der Waals surface area (Å²) in [6.07, 6.45) is 0.553. The van der Waals surface area contributed by atoms with Crippen LogP contribution in [-0.2, 0) is 5.33 Å². The second kappa shape index (κ2) is 6.67. The van der Waals surface area contributed by atoms with Crippen molar-refractivity contribution in [2.24, 2.45) is 0 Å². The number of alkyl halides is 1. The highest BCUT2D eigenvalue weighted by atomic mass is 79.9. The van der Waals surface area contributed by atoms with Crippen LogP contribution in [0.25, 0.3) is 0 Å². The molecule has 2 aromatic carbocycles. The molecule has 2 aromatic rings. The summed E-state index contributed by atoms with van der Waals surface area (Å²) in [5.74, 6) is 0.453. The molecule has 0 aliphatic carbocycles. The number of carbonyl (C=O) groups excluding carboxylic acids is 1. The monoisotopic (exact) mass is 316 g/mol.